The summed E-state index contributed by atoms with van der Waals surface area (Å²) in [4.78, 5) is 13.6. The topological polar surface area (TPSA) is 63.2 Å². The van der Waals surface area contributed by atoms with Crippen molar-refractivity contribution in [1.29, 1.82) is 0 Å². The Morgan fingerprint density at radius 1 is 1.22 bits per heavy atom. The Balaban J connectivity index is 1.73. The molecule has 2 aromatic heterocycles. The standard InChI is InChI=1S/C19H23ClN6O/c1-4-25(5-2)11-17-22-19(23-27-17)18-16-10-24(3)9-13-14(20)7-6-8-15(13)26(16)12-21-18/h6-8,12H,4-5,9-11H2,1-3H3. The SMILES string of the molecule is CCN(CC)Cc1nc(-c2ncn3c2CN(C)Cc2c(Cl)cccc2-3)no1. The number of aromatic nitrogens is 4. The van der Waals surface area contributed by atoms with Crippen LogP contribution in [0.4, 0.5) is 0 Å². The second kappa shape index (κ2) is 7.42. The highest BCUT2D eigenvalue weighted by atomic mass is 35.5. The number of rotatable bonds is 5. The third-order valence-corrected chi connectivity index (χ3v) is 5.36. The predicted octanol–water partition coefficient (Wildman–Crippen LogP) is 3.36. The summed E-state index contributed by atoms with van der Waals surface area (Å²) in [5.41, 5.74) is 3.94. The van der Waals surface area contributed by atoms with Crippen molar-refractivity contribution in [2.75, 3.05) is 20.1 Å². The summed E-state index contributed by atoms with van der Waals surface area (Å²) in [6.07, 6.45) is 1.82. The lowest BCUT2D eigenvalue weighted by molar-refractivity contribution is 0.246. The number of nitrogens with zero attached hydrogens (tertiary/aromatic N) is 6. The molecular formula is C19H23ClN6O. The zero-order chi connectivity index (χ0) is 19.0. The number of hydrogen-bond donors (Lipinski definition) is 0. The summed E-state index contributed by atoms with van der Waals surface area (Å²) in [6.45, 7) is 8.26. The van der Waals surface area contributed by atoms with Crippen molar-refractivity contribution in [3.63, 3.8) is 0 Å². The van der Waals surface area contributed by atoms with Gasteiger partial charge in [-0.05, 0) is 32.3 Å². The molecule has 0 atom stereocenters. The molecule has 1 aliphatic heterocycles. The van der Waals surface area contributed by atoms with Crippen molar-refractivity contribution in [2.45, 2.75) is 33.5 Å². The highest BCUT2D eigenvalue weighted by molar-refractivity contribution is 6.31. The van der Waals surface area contributed by atoms with Crippen LogP contribution in [-0.4, -0.2) is 49.6 Å². The smallest absolute Gasteiger partial charge is 0.241 e. The Kier molecular flexibility index (Phi) is 4.99. The molecule has 0 radical (unpaired) electrons. The third-order valence-electron chi connectivity index (χ3n) is 5.00. The average molecular weight is 387 g/mol. The van der Waals surface area contributed by atoms with Crippen LogP contribution in [0.3, 0.4) is 0 Å². The van der Waals surface area contributed by atoms with Crippen LogP contribution in [0, 0.1) is 0 Å². The van der Waals surface area contributed by atoms with E-state index in [-0.39, 0.29) is 0 Å². The molecule has 0 bridgehead atoms. The van der Waals surface area contributed by atoms with Crippen molar-refractivity contribution in [3.8, 4) is 17.2 Å². The van der Waals surface area contributed by atoms with Crippen molar-refractivity contribution < 1.29 is 4.52 Å². The van der Waals surface area contributed by atoms with Gasteiger partial charge >= 0.3 is 0 Å². The number of fused-ring (bicyclic) bond motifs is 3. The van der Waals surface area contributed by atoms with Gasteiger partial charge in [0.25, 0.3) is 0 Å². The monoisotopic (exact) mass is 386 g/mol. The Morgan fingerprint density at radius 2 is 2.04 bits per heavy atom. The molecule has 7 nitrogen and oxygen atoms in total. The molecular weight excluding hydrogens is 364 g/mol. The van der Waals surface area contributed by atoms with E-state index in [1.165, 1.54) is 0 Å². The lowest BCUT2D eigenvalue weighted by atomic mass is 10.1. The van der Waals surface area contributed by atoms with E-state index in [0.29, 0.717) is 18.3 Å². The Hall–Kier alpha value is -2.22. The largest absolute Gasteiger partial charge is 0.337 e. The molecule has 1 aromatic carbocycles. The fraction of sp³-hybridized carbons (Fsp3) is 0.421. The number of benzene rings is 1. The van der Waals surface area contributed by atoms with Gasteiger partial charge in [-0.1, -0.05) is 36.7 Å². The van der Waals surface area contributed by atoms with Crippen molar-refractivity contribution in [2.24, 2.45) is 0 Å². The Labute approximate surface area is 163 Å². The summed E-state index contributed by atoms with van der Waals surface area (Å²) >= 11 is 6.44. The highest BCUT2D eigenvalue weighted by Gasteiger charge is 2.25. The fourth-order valence-electron chi connectivity index (χ4n) is 3.48. The fourth-order valence-corrected chi connectivity index (χ4v) is 3.71. The van der Waals surface area contributed by atoms with Gasteiger partial charge in [0.15, 0.2) is 0 Å². The first-order chi connectivity index (χ1) is 13.1. The van der Waals surface area contributed by atoms with Crippen LogP contribution in [0.15, 0.2) is 29.0 Å². The molecule has 0 N–H and O–H groups in total. The van der Waals surface area contributed by atoms with E-state index in [4.69, 9.17) is 16.1 Å². The lowest BCUT2D eigenvalue weighted by Gasteiger charge is -2.14. The van der Waals surface area contributed by atoms with Crippen LogP contribution in [-0.2, 0) is 19.6 Å². The summed E-state index contributed by atoms with van der Waals surface area (Å²) in [6, 6.07) is 5.96. The first-order valence-electron chi connectivity index (χ1n) is 9.18. The number of imidazole rings is 1. The molecule has 0 spiro atoms. The van der Waals surface area contributed by atoms with Gasteiger partial charge in [-0.2, -0.15) is 4.98 Å². The van der Waals surface area contributed by atoms with Gasteiger partial charge in [0.05, 0.1) is 17.9 Å². The van der Waals surface area contributed by atoms with Crippen LogP contribution < -0.4 is 0 Å². The quantitative estimate of drug-likeness (QED) is 0.670. The lowest BCUT2D eigenvalue weighted by Crippen LogP contribution is -2.22. The molecule has 1 aliphatic rings. The van der Waals surface area contributed by atoms with Crippen LogP contribution >= 0.6 is 11.6 Å². The molecule has 0 saturated heterocycles. The molecule has 0 amide bonds. The molecule has 142 valence electrons. The van der Waals surface area contributed by atoms with Crippen molar-refractivity contribution >= 4 is 11.6 Å². The van der Waals surface area contributed by atoms with Gasteiger partial charge < -0.3 is 9.09 Å². The average Bonchev–Trinajstić information content (AvgIpc) is 3.25. The third kappa shape index (κ3) is 3.38. The maximum absolute atomic E-state index is 6.44. The zero-order valence-electron chi connectivity index (χ0n) is 15.8. The predicted molar refractivity (Wildman–Crippen MR) is 104 cm³/mol. The van der Waals surface area contributed by atoms with Gasteiger partial charge in [-0.3, -0.25) is 9.80 Å². The van der Waals surface area contributed by atoms with Gasteiger partial charge in [-0.25, -0.2) is 4.98 Å². The second-order valence-electron chi connectivity index (χ2n) is 6.79. The van der Waals surface area contributed by atoms with E-state index in [1.54, 1.807) is 0 Å². The first kappa shape index (κ1) is 18.2. The highest BCUT2D eigenvalue weighted by Crippen LogP contribution is 2.32. The molecule has 3 aromatic rings. The molecule has 0 unspecified atom stereocenters. The molecule has 8 heteroatoms. The summed E-state index contributed by atoms with van der Waals surface area (Å²) in [5.74, 6) is 1.14. The normalized spacial score (nSPS) is 14.3. The van der Waals surface area contributed by atoms with E-state index >= 15 is 0 Å². The van der Waals surface area contributed by atoms with Crippen LogP contribution in [0.2, 0.25) is 5.02 Å². The van der Waals surface area contributed by atoms with E-state index in [1.807, 2.05) is 18.5 Å². The molecule has 27 heavy (non-hydrogen) atoms. The van der Waals surface area contributed by atoms with Crippen LogP contribution in [0.1, 0.15) is 31.0 Å². The van der Waals surface area contributed by atoms with Crippen molar-refractivity contribution in [3.05, 3.63) is 46.7 Å². The minimum atomic E-state index is 0.532. The maximum Gasteiger partial charge on any atom is 0.241 e. The Morgan fingerprint density at radius 3 is 2.81 bits per heavy atom. The van der Waals surface area contributed by atoms with Crippen LogP contribution in [0.25, 0.3) is 17.2 Å². The van der Waals surface area contributed by atoms with Gasteiger partial charge in [-0.15, -0.1) is 0 Å². The second-order valence-corrected chi connectivity index (χ2v) is 7.20. The van der Waals surface area contributed by atoms with Gasteiger partial charge in [0.1, 0.15) is 12.0 Å². The van der Waals surface area contributed by atoms with E-state index < -0.39 is 0 Å². The Bertz CT molecular complexity index is 946. The number of hydrogen-bond acceptors (Lipinski definition) is 6. The molecule has 4 rings (SSSR count). The first-order valence-corrected chi connectivity index (χ1v) is 9.56. The summed E-state index contributed by atoms with van der Waals surface area (Å²) in [5, 5.41) is 4.95. The number of halogens is 1. The van der Waals surface area contributed by atoms with Crippen LogP contribution in [0.5, 0.6) is 0 Å². The molecule has 0 saturated carbocycles. The maximum atomic E-state index is 6.44. The molecule has 0 aliphatic carbocycles. The molecule has 0 fully saturated rings. The summed E-state index contributed by atoms with van der Waals surface area (Å²) < 4.78 is 7.56. The minimum absolute atomic E-state index is 0.532. The van der Waals surface area contributed by atoms with Crippen molar-refractivity contribution in [1.82, 2.24) is 29.5 Å². The molecule has 3 heterocycles. The zero-order valence-corrected chi connectivity index (χ0v) is 16.6. The minimum Gasteiger partial charge on any atom is -0.337 e. The summed E-state index contributed by atoms with van der Waals surface area (Å²) in [7, 11) is 2.07. The van der Waals surface area contributed by atoms with Gasteiger partial charge in [0.2, 0.25) is 11.7 Å². The van der Waals surface area contributed by atoms with E-state index in [0.717, 1.165) is 53.8 Å². The van der Waals surface area contributed by atoms with E-state index in [2.05, 4.69) is 56.5 Å². The van der Waals surface area contributed by atoms with Gasteiger partial charge in [0, 0.05) is 23.7 Å². The van der Waals surface area contributed by atoms with E-state index in [9.17, 15) is 0 Å².